The summed E-state index contributed by atoms with van der Waals surface area (Å²) in [6.45, 7) is 0. The van der Waals surface area contributed by atoms with Crippen molar-refractivity contribution >= 4 is 17.6 Å². The van der Waals surface area contributed by atoms with Gasteiger partial charge in [-0.1, -0.05) is 54.6 Å². The lowest BCUT2D eigenvalue weighted by atomic mass is 9.99. The van der Waals surface area contributed by atoms with Crippen LogP contribution in [0, 0.1) is 11.6 Å². The molecule has 2 amide bonds. The van der Waals surface area contributed by atoms with Crippen molar-refractivity contribution in [3.05, 3.63) is 107 Å². The van der Waals surface area contributed by atoms with Gasteiger partial charge in [0.25, 0.3) is 0 Å². The van der Waals surface area contributed by atoms with E-state index in [1.54, 1.807) is 48.5 Å². The molecule has 7 heteroatoms. The van der Waals surface area contributed by atoms with Crippen LogP contribution in [0.4, 0.5) is 8.78 Å². The number of ketones is 1. The van der Waals surface area contributed by atoms with Gasteiger partial charge in [-0.3, -0.25) is 14.4 Å². The summed E-state index contributed by atoms with van der Waals surface area (Å²) >= 11 is 0. The van der Waals surface area contributed by atoms with E-state index in [1.807, 2.05) is 6.07 Å². The maximum atomic E-state index is 13.3. The molecule has 3 N–H and O–H groups in total. The zero-order valence-electron chi connectivity index (χ0n) is 16.5. The first-order valence-corrected chi connectivity index (χ1v) is 9.54. The molecule has 0 aliphatic rings. The van der Waals surface area contributed by atoms with Crippen molar-refractivity contribution in [2.24, 2.45) is 5.73 Å². The van der Waals surface area contributed by atoms with E-state index in [2.05, 4.69) is 5.32 Å². The minimum atomic E-state index is -1.01. The lowest BCUT2D eigenvalue weighted by Gasteiger charge is -2.16. The Morgan fingerprint density at radius 3 is 1.97 bits per heavy atom. The number of nitrogens with two attached hydrogens (primary N) is 1. The fourth-order valence-electron chi connectivity index (χ4n) is 3.15. The van der Waals surface area contributed by atoms with E-state index in [0.717, 1.165) is 12.1 Å². The van der Waals surface area contributed by atoms with Crippen molar-refractivity contribution in [3.8, 4) is 0 Å². The maximum Gasteiger partial charge on any atom is 0.240 e. The van der Waals surface area contributed by atoms with Crippen LogP contribution in [0.2, 0.25) is 0 Å². The van der Waals surface area contributed by atoms with Crippen molar-refractivity contribution in [1.29, 1.82) is 0 Å². The summed E-state index contributed by atoms with van der Waals surface area (Å²) in [6, 6.07) is 17.2. The normalized spacial score (nSPS) is 11.5. The fourth-order valence-corrected chi connectivity index (χ4v) is 3.15. The van der Waals surface area contributed by atoms with Crippen LogP contribution >= 0.6 is 0 Å². The van der Waals surface area contributed by atoms with Gasteiger partial charge in [0.05, 0.1) is 6.42 Å². The van der Waals surface area contributed by atoms with Crippen LogP contribution in [-0.4, -0.2) is 23.6 Å². The molecule has 0 bridgehead atoms. The van der Waals surface area contributed by atoms with E-state index >= 15 is 0 Å². The standard InChI is InChI=1S/C24H20F2N2O3/c25-19-10-16(11-20(26)14-19)13-22(29)28-21(24(27)31)12-15-6-8-18(9-7-15)23(30)17-4-2-1-3-5-17/h1-11,14,21H,12-13H2,(H2,27,31)(H,28,29)/t21-/m1/s1. The van der Waals surface area contributed by atoms with Gasteiger partial charge in [-0.25, -0.2) is 8.78 Å². The highest BCUT2D eigenvalue weighted by Gasteiger charge is 2.19. The molecular formula is C24H20F2N2O3. The van der Waals surface area contributed by atoms with E-state index < -0.39 is 29.5 Å². The summed E-state index contributed by atoms with van der Waals surface area (Å²) in [4.78, 5) is 36.5. The van der Waals surface area contributed by atoms with Gasteiger partial charge in [0.15, 0.2) is 5.78 Å². The van der Waals surface area contributed by atoms with Gasteiger partial charge < -0.3 is 11.1 Å². The van der Waals surface area contributed by atoms with Crippen LogP contribution in [0.3, 0.4) is 0 Å². The molecule has 0 saturated carbocycles. The summed E-state index contributed by atoms with van der Waals surface area (Å²) in [7, 11) is 0. The lowest BCUT2D eigenvalue weighted by molar-refractivity contribution is -0.127. The molecule has 0 spiro atoms. The second kappa shape index (κ2) is 9.75. The van der Waals surface area contributed by atoms with E-state index in [0.29, 0.717) is 22.8 Å². The Bertz CT molecular complexity index is 1080. The summed E-state index contributed by atoms with van der Waals surface area (Å²) in [6.07, 6.45) is -0.193. The summed E-state index contributed by atoms with van der Waals surface area (Å²) in [5.74, 6) is -3.05. The Morgan fingerprint density at radius 2 is 1.39 bits per heavy atom. The molecule has 0 aliphatic carbocycles. The highest BCUT2D eigenvalue weighted by atomic mass is 19.1. The zero-order chi connectivity index (χ0) is 22.4. The van der Waals surface area contributed by atoms with Crippen LogP contribution < -0.4 is 11.1 Å². The first-order chi connectivity index (χ1) is 14.8. The molecule has 0 aromatic heterocycles. The maximum absolute atomic E-state index is 13.3. The van der Waals surface area contributed by atoms with Crippen molar-refractivity contribution in [3.63, 3.8) is 0 Å². The number of amides is 2. The SMILES string of the molecule is NC(=O)[C@@H](Cc1ccc(C(=O)c2ccccc2)cc1)NC(=O)Cc1cc(F)cc(F)c1. The van der Waals surface area contributed by atoms with Crippen LogP contribution in [0.25, 0.3) is 0 Å². The first kappa shape index (κ1) is 21.8. The molecule has 0 radical (unpaired) electrons. The van der Waals surface area contributed by atoms with E-state index in [-0.39, 0.29) is 24.2 Å². The van der Waals surface area contributed by atoms with Crippen LogP contribution in [0.15, 0.2) is 72.8 Å². The van der Waals surface area contributed by atoms with Gasteiger partial charge in [0, 0.05) is 23.6 Å². The molecule has 5 nitrogen and oxygen atoms in total. The molecule has 3 aromatic rings. The van der Waals surface area contributed by atoms with Crippen molar-refractivity contribution in [2.75, 3.05) is 0 Å². The van der Waals surface area contributed by atoms with E-state index in [4.69, 9.17) is 5.73 Å². The number of benzene rings is 3. The van der Waals surface area contributed by atoms with Gasteiger partial charge in [0.1, 0.15) is 17.7 Å². The lowest BCUT2D eigenvalue weighted by Crippen LogP contribution is -2.46. The topological polar surface area (TPSA) is 89.3 Å². The average molecular weight is 422 g/mol. The molecule has 3 rings (SSSR count). The highest BCUT2D eigenvalue weighted by Crippen LogP contribution is 2.13. The minimum absolute atomic E-state index is 0.110. The van der Waals surface area contributed by atoms with Crippen molar-refractivity contribution < 1.29 is 23.2 Å². The quantitative estimate of drug-likeness (QED) is 0.547. The predicted octanol–water partition coefficient (Wildman–Crippen LogP) is 2.95. The number of halogens is 2. The fraction of sp³-hybridized carbons (Fsp3) is 0.125. The summed E-state index contributed by atoms with van der Waals surface area (Å²) in [5.41, 5.74) is 7.28. The van der Waals surface area contributed by atoms with Crippen LogP contribution in [0.1, 0.15) is 27.0 Å². The van der Waals surface area contributed by atoms with Crippen molar-refractivity contribution in [1.82, 2.24) is 5.32 Å². The minimum Gasteiger partial charge on any atom is -0.368 e. The van der Waals surface area contributed by atoms with E-state index in [1.165, 1.54) is 0 Å². The Hall–Kier alpha value is -3.87. The molecule has 3 aromatic carbocycles. The first-order valence-electron chi connectivity index (χ1n) is 9.54. The molecule has 0 unspecified atom stereocenters. The largest absolute Gasteiger partial charge is 0.368 e. The Balaban J connectivity index is 1.65. The number of carbonyl (C=O) groups excluding carboxylic acids is 3. The van der Waals surface area contributed by atoms with Gasteiger partial charge in [-0.05, 0) is 23.3 Å². The number of rotatable bonds is 8. The third-order valence-corrected chi connectivity index (χ3v) is 4.66. The van der Waals surface area contributed by atoms with Crippen LogP contribution in [-0.2, 0) is 22.4 Å². The summed E-state index contributed by atoms with van der Waals surface area (Å²) in [5, 5.41) is 2.49. The van der Waals surface area contributed by atoms with Gasteiger partial charge in [-0.2, -0.15) is 0 Å². The zero-order valence-corrected chi connectivity index (χ0v) is 16.5. The molecule has 0 aliphatic heterocycles. The molecule has 0 saturated heterocycles. The molecule has 31 heavy (non-hydrogen) atoms. The number of carbonyl (C=O) groups is 3. The molecule has 0 heterocycles. The number of nitrogens with one attached hydrogen (secondary N) is 1. The van der Waals surface area contributed by atoms with Gasteiger partial charge in [-0.15, -0.1) is 0 Å². The van der Waals surface area contributed by atoms with Gasteiger partial charge >= 0.3 is 0 Å². The number of hydrogen-bond acceptors (Lipinski definition) is 3. The molecular weight excluding hydrogens is 402 g/mol. The summed E-state index contributed by atoms with van der Waals surface area (Å²) < 4.78 is 26.6. The Kier molecular flexibility index (Phi) is 6.87. The Labute approximate surface area is 177 Å². The molecule has 1 atom stereocenters. The number of hydrogen-bond donors (Lipinski definition) is 2. The average Bonchev–Trinajstić information content (AvgIpc) is 2.73. The predicted molar refractivity (Wildman–Crippen MR) is 111 cm³/mol. The van der Waals surface area contributed by atoms with E-state index in [9.17, 15) is 23.2 Å². The monoisotopic (exact) mass is 422 g/mol. The third-order valence-electron chi connectivity index (χ3n) is 4.66. The molecule has 158 valence electrons. The van der Waals surface area contributed by atoms with Crippen molar-refractivity contribution in [2.45, 2.75) is 18.9 Å². The highest BCUT2D eigenvalue weighted by molar-refractivity contribution is 6.08. The van der Waals surface area contributed by atoms with Crippen LogP contribution in [0.5, 0.6) is 0 Å². The van der Waals surface area contributed by atoms with Gasteiger partial charge in [0.2, 0.25) is 11.8 Å². The number of primary amides is 1. The smallest absolute Gasteiger partial charge is 0.240 e. The Morgan fingerprint density at radius 1 is 0.806 bits per heavy atom. The molecule has 0 fully saturated rings. The third kappa shape index (κ3) is 6.05. The second-order valence-corrected chi connectivity index (χ2v) is 7.07. The second-order valence-electron chi connectivity index (χ2n) is 7.07.